The van der Waals surface area contributed by atoms with Gasteiger partial charge in [-0.3, -0.25) is 9.97 Å². The topological polar surface area (TPSA) is 115 Å². The van der Waals surface area contributed by atoms with Gasteiger partial charge in [0.05, 0.1) is 0 Å². The fourth-order valence-corrected chi connectivity index (χ4v) is 4.41. The van der Waals surface area contributed by atoms with Crippen LogP contribution in [-0.4, -0.2) is 43.2 Å². The maximum atomic E-state index is 11.6. The smallest absolute Gasteiger partial charge is 0.374 e. The Labute approximate surface area is 122 Å². The number of nitrogens with one attached hydrogen (secondary N) is 2. The van der Waals surface area contributed by atoms with Crippen LogP contribution in [0.5, 0.6) is 0 Å². The molecule has 0 radical (unpaired) electrons. The highest BCUT2D eigenvalue weighted by Crippen LogP contribution is 2.16. The molecule has 0 unspecified atom stereocenters. The third-order valence-corrected chi connectivity index (χ3v) is 5.69. The second kappa shape index (κ2) is 8.07. The van der Waals surface area contributed by atoms with Crippen LogP contribution in [0.4, 0.5) is 0 Å². The molecular formula is C11H21N3O6Si. The molecule has 1 rings (SSSR count). The molecular weight excluding hydrogens is 298 g/mol. The average Bonchev–Trinajstić information content (AvgIpc) is 2.38. The molecule has 2 N–H and O–H groups in total. The fraction of sp³-hybridized carbons (Fsp3) is 0.727. The standard InChI is InChI=1S/C11H21N3O6Si/c1-4-18-21(19-5-2,20-6-3)8-7-14-10(16)12-9(15)13-11(14)17/h4-8H2,1-3H3,(H2,12,13,15,16,17). The molecule has 120 valence electrons. The predicted octanol–water partition coefficient (Wildman–Crippen LogP) is -0.727. The van der Waals surface area contributed by atoms with Crippen LogP contribution in [-0.2, 0) is 19.8 Å². The van der Waals surface area contributed by atoms with Gasteiger partial charge in [0.25, 0.3) is 0 Å². The molecule has 0 amide bonds. The van der Waals surface area contributed by atoms with Crippen LogP contribution in [0.2, 0.25) is 6.04 Å². The largest absolute Gasteiger partial charge is 0.502 e. The summed E-state index contributed by atoms with van der Waals surface area (Å²) in [7, 11) is -2.94. The van der Waals surface area contributed by atoms with Gasteiger partial charge in [0.2, 0.25) is 0 Å². The van der Waals surface area contributed by atoms with Crippen LogP contribution >= 0.6 is 0 Å². The number of hydrogen-bond donors (Lipinski definition) is 2. The molecule has 21 heavy (non-hydrogen) atoms. The van der Waals surface area contributed by atoms with Crippen molar-refractivity contribution in [1.29, 1.82) is 0 Å². The van der Waals surface area contributed by atoms with Gasteiger partial charge in [0.15, 0.2) is 0 Å². The van der Waals surface area contributed by atoms with Crippen LogP contribution in [0, 0.1) is 0 Å². The summed E-state index contributed by atoms with van der Waals surface area (Å²) in [6, 6.07) is 0.261. The molecule has 0 saturated heterocycles. The molecule has 0 atom stereocenters. The number of hydrogen-bond acceptors (Lipinski definition) is 6. The molecule has 9 nitrogen and oxygen atoms in total. The van der Waals surface area contributed by atoms with Crippen molar-refractivity contribution in [2.24, 2.45) is 0 Å². The van der Waals surface area contributed by atoms with Crippen LogP contribution in [0.25, 0.3) is 0 Å². The third kappa shape index (κ3) is 4.77. The average molecular weight is 319 g/mol. The Bertz CT molecular complexity index is 556. The minimum Gasteiger partial charge on any atom is -0.374 e. The number of nitrogens with zero attached hydrogens (tertiary/aromatic N) is 1. The summed E-state index contributed by atoms with van der Waals surface area (Å²) >= 11 is 0. The van der Waals surface area contributed by atoms with Crippen molar-refractivity contribution in [1.82, 2.24) is 14.5 Å². The van der Waals surface area contributed by atoms with Gasteiger partial charge < -0.3 is 13.3 Å². The quantitative estimate of drug-likeness (QED) is 0.580. The van der Waals surface area contributed by atoms with Gasteiger partial charge in [0, 0.05) is 32.4 Å². The van der Waals surface area contributed by atoms with Crippen molar-refractivity contribution in [3.05, 3.63) is 31.5 Å². The molecule has 10 heteroatoms. The summed E-state index contributed by atoms with van der Waals surface area (Å²) in [4.78, 5) is 38.2. The maximum Gasteiger partial charge on any atom is 0.502 e. The van der Waals surface area contributed by atoms with E-state index in [9.17, 15) is 14.4 Å². The van der Waals surface area contributed by atoms with Gasteiger partial charge in [-0.15, -0.1) is 0 Å². The third-order valence-electron chi connectivity index (χ3n) is 2.67. The van der Waals surface area contributed by atoms with Gasteiger partial charge in [-0.2, -0.15) is 0 Å². The van der Waals surface area contributed by atoms with E-state index in [0.29, 0.717) is 19.8 Å². The van der Waals surface area contributed by atoms with E-state index in [2.05, 4.69) is 0 Å². The number of aromatic nitrogens is 3. The fourth-order valence-electron chi connectivity index (χ4n) is 1.91. The highest BCUT2D eigenvalue weighted by molar-refractivity contribution is 6.60. The van der Waals surface area contributed by atoms with Gasteiger partial charge in [-0.25, -0.2) is 19.0 Å². The molecule has 1 heterocycles. The highest BCUT2D eigenvalue weighted by atomic mass is 28.4. The molecule has 0 aliphatic heterocycles. The Balaban J connectivity index is 2.98. The monoisotopic (exact) mass is 319 g/mol. The summed E-state index contributed by atoms with van der Waals surface area (Å²) in [6.45, 7) is 6.71. The van der Waals surface area contributed by atoms with E-state index in [0.717, 1.165) is 4.57 Å². The Hall–Kier alpha value is -1.49. The van der Waals surface area contributed by atoms with Crippen molar-refractivity contribution in [3.63, 3.8) is 0 Å². The molecule has 0 saturated carbocycles. The highest BCUT2D eigenvalue weighted by Gasteiger charge is 2.40. The zero-order chi connectivity index (χ0) is 15.9. The lowest BCUT2D eigenvalue weighted by Gasteiger charge is -2.28. The molecule has 1 aromatic heterocycles. The normalized spacial score (nSPS) is 11.8. The minimum atomic E-state index is -2.94. The predicted molar refractivity (Wildman–Crippen MR) is 77.4 cm³/mol. The van der Waals surface area contributed by atoms with Crippen LogP contribution in [0.15, 0.2) is 14.4 Å². The van der Waals surface area contributed by atoms with Crippen molar-refractivity contribution in [2.45, 2.75) is 33.4 Å². The number of H-pyrrole nitrogens is 2. The summed E-state index contributed by atoms with van der Waals surface area (Å²) < 4.78 is 17.8. The molecule has 0 spiro atoms. The van der Waals surface area contributed by atoms with E-state index >= 15 is 0 Å². The zero-order valence-electron chi connectivity index (χ0n) is 12.4. The SMILES string of the molecule is CCO[Si](CCn1c(=O)[nH]c(=O)[nH]c1=O)(OCC)OCC. The van der Waals surface area contributed by atoms with Crippen LogP contribution in [0.1, 0.15) is 20.8 Å². The first-order chi connectivity index (χ1) is 9.98. The van der Waals surface area contributed by atoms with E-state index in [-0.39, 0.29) is 12.6 Å². The Morgan fingerprint density at radius 2 is 1.33 bits per heavy atom. The lowest BCUT2D eigenvalue weighted by molar-refractivity contribution is 0.0700. The van der Waals surface area contributed by atoms with Crippen molar-refractivity contribution >= 4 is 8.80 Å². The lowest BCUT2D eigenvalue weighted by atomic mass is 10.7. The first-order valence-electron chi connectivity index (χ1n) is 6.83. The Morgan fingerprint density at radius 3 is 1.71 bits per heavy atom. The molecule has 0 aromatic carbocycles. The van der Waals surface area contributed by atoms with Gasteiger partial charge >= 0.3 is 25.9 Å². The van der Waals surface area contributed by atoms with Gasteiger partial charge in [-0.05, 0) is 20.8 Å². The van der Waals surface area contributed by atoms with E-state index in [4.69, 9.17) is 13.3 Å². The summed E-state index contributed by atoms with van der Waals surface area (Å²) in [5.41, 5.74) is -2.36. The van der Waals surface area contributed by atoms with Crippen molar-refractivity contribution in [2.75, 3.05) is 19.8 Å². The summed E-state index contributed by atoms with van der Waals surface area (Å²) in [5, 5.41) is 0. The van der Waals surface area contributed by atoms with E-state index in [1.807, 2.05) is 30.7 Å². The number of rotatable bonds is 9. The second-order valence-electron chi connectivity index (χ2n) is 4.07. The first-order valence-corrected chi connectivity index (χ1v) is 8.76. The van der Waals surface area contributed by atoms with Crippen LogP contribution in [0.3, 0.4) is 0 Å². The Morgan fingerprint density at radius 1 is 0.905 bits per heavy atom. The summed E-state index contributed by atoms with van der Waals surface area (Å²) in [6.07, 6.45) is 0. The van der Waals surface area contributed by atoms with Crippen molar-refractivity contribution < 1.29 is 13.3 Å². The molecule has 0 bridgehead atoms. The Kier molecular flexibility index (Phi) is 6.75. The van der Waals surface area contributed by atoms with E-state index in [1.54, 1.807) is 0 Å². The van der Waals surface area contributed by atoms with Crippen LogP contribution < -0.4 is 17.1 Å². The second-order valence-corrected chi connectivity index (χ2v) is 6.81. The number of aromatic amines is 2. The summed E-state index contributed by atoms with van der Waals surface area (Å²) in [5.74, 6) is 0. The maximum absolute atomic E-state index is 11.6. The minimum absolute atomic E-state index is 0.0389. The lowest BCUT2D eigenvalue weighted by Crippen LogP contribution is -2.49. The van der Waals surface area contributed by atoms with E-state index < -0.39 is 25.9 Å². The zero-order valence-corrected chi connectivity index (χ0v) is 13.4. The van der Waals surface area contributed by atoms with Crippen molar-refractivity contribution in [3.8, 4) is 0 Å². The molecule has 0 aliphatic carbocycles. The molecule has 0 fully saturated rings. The molecule has 0 aliphatic rings. The van der Waals surface area contributed by atoms with Gasteiger partial charge in [-0.1, -0.05) is 0 Å². The van der Waals surface area contributed by atoms with Gasteiger partial charge in [0.1, 0.15) is 0 Å². The molecule has 1 aromatic rings. The first kappa shape index (κ1) is 17.6. The van der Waals surface area contributed by atoms with E-state index in [1.165, 1.54) is 0 Å².